The molecule has 3 aromatic rings. The molecule has 0 radical (unpaired) electrons. The highest BCUT2D eigenvalue weighted by Gasteiger charge is 2.19. The number of halogens is 2. The predicted molar refractivity (Wildman–Crippen MR) is 139 cm³/mol. The first kappa shape index (κ1) is 25.2. The van der Waals surface area contributed by atoms with Crippen LogP contribution in [0.3, 0.4) is 0 Å². The topological polar surface area (TPSA) is 73.5 Å². The second kappa shape index (κ2) is 11.2. The van der Waals surface area contributed by atoms with Gasteiger partial charge in [0.05, 0.1) is 17.1 Å². The minimum atomic E-state index is -0.875. The maximum atomic E-state index is 14.0. The first-order valence-corrected chi connectivity index (χ1v) is 12.1. The van der Waals surface area contributed by atoms with Crippen molar-refractivity contribution in [3.63, 3.8) is 0 Å². The van der Waals surface area contributed by atoms with E-state index in [1.54, 1.807) is 12.1 Å². The van der Waals surface area contributed by atoms with Crippen molar-refractivity contribution < 1.29 is 18.4 Å². The van der Waals surface area contributed by atoms with Crippen LogP contribution in [0.4, 0.5) is 30.6 Å². The molecule has 0 unspecified atom stereocenters. The van der Waals surface area contributed by atoms with Crippen molar-refractivity contribution >= 4 is 29.0 Å². The van der Waals surface area contributed by atoms with Crippen molar-refractivity contribution in [2.24, 2.45) is 0 Å². The Bertz CT molecular complexity index is 1240. The zero-order chi connectivity index (χ0) is 25.7. The minimum absolute atomic E-state index is 0.144. The summed E-state index contributed by atoms with van der Waals surface area (Å²) in [5.74, 6) is -1.45. The van der Waals surface area contributed by atoms with Gasteiger partial charge in [-0.25, -0.2) is 13.6 Å². The lowest BCUT2D eigenvalue weighted by Gasteiger charge is -2.22. The molecule has 3 amide bonds. The molecule has 1 fully saturated rings. The zero-order valence-electron chi connectivity index (χ0n) is 20.4. The molecule has 8 heteroatoms. The Kier molecular flexibility index (Phi) is 7.83. The number of benzene rings is 3. The Morgan fingerprint density at radius 2 is 1.58 bits per heavy atom. The van der Waals surface area contributed by atoms with E-state index in [4.69, 9.17) is 0 Å². The van der Waals surface area contributed by atoms with Crippen molar-refractivity contribution in [3.05, 3.63) is 89.0 Å². The van der Waals surface area contributed by atoms with E-state index in [0.29, 0.717) is 29.8 Å². The molecular formula is C28H30F2N4O2. The van der Waals surface area contributed by atoms with Gasteiger partial charge in [-0.15, -0.1) is 0 Å². The van der Waals surface area contributed by atoms with Crippen LogP contribution in [0.1, 0.15) is 54.1 Å². The number of nitrogens with zero attached hydrogens (tertiary/aromatic N) is 1. The van der Waals surface area contributed by atoms with Gasteiger partial charge in [-0.3, -0.25) is 4.79 Å². The average molecular weight is 493 g/mol. The van der Waals surface area contributed by atoms with Gasteiger partial charge in [0.1, 0.15) is 11.6 Å². The lowest BCUT2D eigenvalue weighted by molar-refractivity contribution is 0.0951. The number of carbonyl (C=O) groups is 2. The van der Waals surface area contributed by atoms with Gasteiger partial charge in [-0.1, -0.05) is 38.1 Å². The van der Waals surface area contributed by atoms with E-state index in [1.807, 2.05) is 18.2 Å². The molecule has 3 aromatic carbocycles. The first-order chi connectivity index (χ1) is 17.3. The number of hydrogen-bond acceptors (Lipinski definition) is 3. The van der Waals surface area contributed by atoms with Crippen LogP contribution in [-0.2, 0) is 6.54 Å². The van der Waals surface area contributed by atoms with Crippen LogP contribution in [0.2, 0.25) is 0 Å². The number of carbonyl (C=O) groups excluding carboxylic acids is 2. The fraction of sp³-hybridized carbons (Fsp3) is 0.286. The third kappa shape index (κ3) is 6.19. The van der Waals surface area contributed by atoms with Crippen molar-refractivity contribution in [1.29, 1.82) is 0 Å². The summed E-state index contributed by atoms with van der Waals surface area (Å²) in [5.41, 5.74) is 3.68. The summed E-state index contributed by atoms with van der Waals surface area (Å²) < 4.78 is 27.2. The van der Waals surface area contributed by atoms with Crippen molar-refractivity contribution in [1.82, 2.24) is 5.32 Å². The Labute approximate surface area is 209 Å². The van der Waals surface area contributed by atoms with Gasteiger partial charge in [0.2, 0.25) is 0 Å². The van der Waals surface area contributed by atoms with Crippen LogP contribution in [0, 0.1) is 11.6 Å². The Morgan fingerprint density at radius 3 is 2.25 bits per heavy atom. The summed E-state index contributed by atoms with van der Waals surface area (Å²) >= 11 is 0. The first-order valence-electron chi connectivity index (χ1n) is 12.1. The second-order valence-corrected chi connectivity index (χ2v) is 9.21. The van der Waals surface area contributed by atoms with Crippen LogP contribution in [0.15, 0.2) is 60.7 Å². The Balaban J connectivity index is 1.49. The normalized spacial score (nSPS) is 13.1. The van der Waals surface area contributed by atoms with E-state index in [2.05, 4.69) is 46.8 Å². The van der Waals surface area contributed by atoms with Gasteiger partial charge in [-0.05, 0) is 60.2 Å². The molecule has 6 nitrogen and oxygen atoms in total. The van der Waals surface area contributed by atoms with Crippen LogP contribution < -0.4 is 20.9 Å². The number of urea groups is 1. The van der Waals surface area contributed by atoms with Gasteiger partial charge in [-0.2, -0.15) is 0 Å². The van der Waals surface area contributed by atoms with E-state index in [-0.39, 0.29) is 11.6 Å². The summed E-state index contributed by atoms with van der Waals surface area (Å²) in [6.07, 6.45) is 2.06. The molecule has 1 heterocycles. The number of amides is 3. The quantitative estimate of drug-likeness (QED) is 0.364. The largest absolute Gasteiger partial charge is 0.370 e. The van der Waals surface area contributed by atoms with Crippen LogP contribution in [0.5, 0.6) is 0 Å². The molecule has 3 N–H and O–H groups in total. The van der Waals surface area contributed by atoms with Crippen molar-refractivity contribution in [2.75, 3.05) is 28.6 Å². The van der Waals surface area contributed by atoms with E-state index in [9.17, 15) is 18.4 Å². The molecule has 188 valence electrons. The molecule has 0 bridgehead atoms. The number of hydrogen-bond donors (Lipinski definition) is 3. The summed E-state index contributed by atoms with van der Waals surface area (Å²) in [6.45, 7) is 6.30. The van der Waals surface area contributed by atoms with E-state index in [1.165, 1.54) is 5.56 Å². The maximum absolute atomic E-state index is 14.0. The Hall–Kier alpha value is -3.94. The summed E-state index contributed by atoms with van der Waals surface area (Å²) in [5, 5.41) is 8.05. The van der Waals surface area contributed by atoms with Gasteiger partial charge >= 0.3 is 6.03 Å². The van der Waals surface area contributed by atoms with Gasteiger partial charge in [0.15, 0.2) is 0 Å². The molecular weight excluding hydrogens is 462 g/mol. The monoisotopic (exact) mass is 492 g/mol. The second-order valence-electron chi connectivity index (χ2n) is 9.21. The fourth-order valence-corrected chi connectivity index (χ4v) is 4.18. The molecule has 1 aliphatic heterocycles. The van der Waals surface area contributed by atoms with Gasteiger partial charge < -0.3 is 20.9 Å². The van der Waals surface area contributed by atoms with Crippen LogP contribution in [-0.4, -0.2) is 25.0 Å². The lowest BCUT2D eigenvalue weighted by Crippen LogP contribution is -2.26. The predicted octanol–water partition coefficient (Wildman–Crippen LogP) is 6.26. The number of nitrogens with one attached hydrogen (secondary N) is 3. The number of rotatable bonds is 7. The standard InChI is InChI=1S/C28H30F2N4O2/c1-18(2)20-7-5-19(6-8-20)17-31-27(35)21-9-12-26(34-13-3-4-14-34)25(15-21)33-28(36)32-24-11-10-22(29)16-23(24)30/h5-12,15-16,18H,3-4,13-14,17H2,1-2H3,(H,31,35)(H2,32,33,36). The number of anilines is 3. The molecule has 36 heavy (non-hydrogen) atoms. The third-order valence-electron chi connectivity index (χ3n) is 6.23. The van der Waals surface area contributed by atoms with Gasteiger partial charge in [0.25, 0.3) is 5.91 Å². The maximum Gasteiger partial charge on any atom is 0.323 e. The van der Waals surface area contributed by atoms with E-state index < -0.39 is 17.7 Å². The highest BCUT2D eigenvalue weighted by Crippen LogP contribution is 2.30. The van der Waals surface area contributed by atoms with Crippen molar-refractivity contribution in [2.45, 2.75) is 39.2 Å². The van der Waals surface area contributed by atoms with E-state index >= 15 is 0 Å². The molecule has 4 rings (SSSR count). The fourth-order valence-electron chi connectivity index (χ4n) is 4.18. The smallest absolute Gasteiger partial charge is 0.323 e. The molecule has 0 atom stereocenters. The third-order valence-corrected chi connectivity index (χ3v) is 6.23. The molecule has 0 aliphatic carbocycles. The summed E-state index contributed by atoms with van der Waals surface area (Å²) in [6, 6.07) is 15.5. The van der Waals surface area contributed by atoms with Crippen LogP contribution in [0.25, 0.3) is 0 Å². The molecule has 0 spiro atoms. The SMILES string of the molecule is CC(C)c1ccc(CNC(=O)c2ccc(N3CCCC3)c(NC(=O)Nc3ccc(F)cc3F)c2)cc1. The molecule has 1 saturated heterocycles. The highest BCUT2D eigenvalue weighted by atomic mass is 19.1. The van der Waals surface area contributed by atoms with Gasteiger partial charge in [0, 0.05) is 31.3 Å². The van der Waals surface area contributed by atoms with E-state index in [0.717, 1.165) is 49.3 Å². The molecule has 1 aliphatic rings. The van der Waals surface area contributed by atoms with Crippen molar-refractivity contribution in [3.8, 4) is 0 Å². The highest BCUT2D eigenvalue weighted by molar-refractivity contribution is 6.04. The Morgan fingerprint density at radius 1 is 0.889 bits per heavy atom. The molecule has 0 saturated carbocycles. The summed E-state index contributed by atoms with van der Waals surface area (Å²) in [7, 11) is 0. The zero-order valence-corrected chi connectivity index (χ0v) is 20.4. The van der Waals surface area contributed by atoms with Crippen LogP contribution >= 0.6 is 0 Å². The summed E-state index contributed by atoms with van der Waals surface area (Å²) in [4.78, 5) is 27.7. The average Bonchev–Trinajstić information content (AvgIpc) is 3.39. The minimum Gasteiger partial charge on any atom is -0.370 e. The lowest BCUT2D eigenvalue weighted by atomic mass is 10.0. The molecule has 0 aromatic heterocycles.